The molecule has 0 heterocycles. The molecule has 1 aromatic rings. The molecule has 0 aliphatic heterocycles. The molecule has 1 saturated carbocycles. The lowest BCUT2D eigenvalue weighted by atomic mass is 9.96. The first-order valence-electron chi connectivity index (χ1n) is 5.03. The largest absolute Gasteiger partial charge is 0.490 e. The molecule has 0 atom stereocenters. The second kappa shape index (κ2) is 3.93. The topological polar surface area (TPSA) is 9.23 Å². The van der Waals surface area contributed by atoms with Crippen LogP contribution in [0.25, 0.3) is 0 Å². The number of ether oxygens (including phenoxy) is 1. The van der Waals surface area contributed by atoms with Gasteiger partial charge in [0.05, 0.1) is 0 Å². The van der Waals surface area contributed by atoms with E-state index in [1.165, 1.54) is 11.1 Å². The second-order valence-corrected chi connectivity index (χ2v) is 5.37. The molecular weight excluding hydrogens is 240 g/mol. The van der Waals surface area contributed by atoms with Gasteiger partial charge in [-0.05, 0) is 38.3 Å². The van der Waals surface area contributed by atoms with Gasteiger partial charge in [-0.15, -0.1) is 0 Å². The summed E-state index contributed by atoms with van der Waals surface area (Å²) in [6, 6.07) is 6.35. The highest BCUT2D eigenvalue weighted by Gasteiger charge is 2.28. The summed E-state index contributed by atoms with van der Waals surface area (Å²) in [5, 5.41) is 0. The van der Waals surface area contributed by atoms with Crippen molar-refractivity contribution in [2.24, 2.45) is 0 Å². The summed E-state index contributed by atoms with van der Waals surface area (Å²) < 4.78 is 5.88. The first-order valence-corrected chi connectivity index (χ1v) is 5.94. The van der Waals surface area contributed by atoms with Crippen molar-refractivity contribution >= 4 is 15.9 Å². The predicted molar refractivity (Wildman–Crippen MR) is 62.3 cm³/mol. The smallest absolute Gasteiger partial charge is 0.122 e. The summed E-state index contributed by atoms with van der Waals surface area (Å²) in [5.74, 6) is 1.04. The van der Waals surface area contributed by atoms with Crippen LogP contribution < -0.4 is 4.74 Å². The number of aryl methyl sites for hydroxylation is 2. The van der Waals surface area contributed by atoms with Gasteiger partial charge in [0.2, 0.25) is 0 Å². The van der Waals surface area contributed by atoms with E-state index < -0.39 is 0 Å². The third-order valence-electron chi connectivity index (χ3n) is 2.66. The monoisotopic (exact) mass is 254 g/mol. The molecule has 76 valence electrons. The van der Waals surface area contributed by atoms with E-state index in [-0.39, 0.29) is 0 Å². The Bertz CT molecular complexity index is 329. The van der Waals surface area contributed by atoms with Crippen molar-refractivity contribution in [3.05, 3.63) is 29.3 Å². The number of hydrogen-bond donors (Lipinski definition) is 0. The molecule has 0 radical (unpaired) electrons. The molecule has 0 amide bonds. The predicted octanol–water partition coefficient (Wildman–Crippen LogP) is 3.61. The maximum atomic E-state index is 5.88. The zero-order chi connectivity index (χ0) is 10.1. The van der Waals surface area contributed by atoms with Gasteiger partial charge in [0.15, 0.2) is 0 Å². The van der Waals surface area contributed by atoms with Crippen LogP contribution in [0.15, 0.2) is 18.2 Å². The van der Waals surface area contributed by atoms with Crippen LogP contribution in [0.2, 0.25) is 0 Å². The molecular formula is C12H15BrO. The van der Waals surface area contributed by atoms with Crippen molar-refractivity contribution in [3.8, 4) is 5.75 Å². The highest BCUT2D eigenvalue weighted by Crippen LogP contribution is 2.32. The molecule has 2 heteroatoms. The Morgan fingerprint density at radius 3 is 2.57 bits per heavy atom. The number of rotatable bonds is 2. The van der Waals surface area contributed by atoms with Crippen LogP contribution in [0, 0.1) is 13.8 Å². The van der Waals surface area contributed by atoms with Crippen molar-refractivity contribution in [3.63, 3.8) is 0 Å². The van der Waals surface area contributed by atoms with Gasteiger partial charge in [-0.1, -0.05) is 33.6 Å². The Morgan fingerprint density at radius 2 is 2.00 bits per heavy atom. The SMILES string of the molecule is Cc1ccc(OC2CC(Br)C2)c(C)c1. The molecule has 0 aromatic heterocycles. The van der Waals surface area contributed by atoms with Gasteiger partial charge in [-0.2, -0.15) is 0 Å². The van der Waals surface area contributed by atoms with E-state index >= 15 is 0 Å². The molecule has 0 unspecified atom stereocenters. The summed E-state index contributed by atoms with van der Waals surface area (Å²) >= 11 is 3.56. The van der Waals surface area contributed by atoms with E-state index in [1.54, 1.807) is 0 Å². The van der Waals surface area contributed by atoms with Crippen LogP contribution >= 0.6 is 15.9 Å². The molecule has 0 bridgehead atoms. The van der Waals surface area contributed by atoms with Crippen LogP contribution in [0.1, 0.15) is 24.0 Å². The minimum absolute atomic E-state index is 0.417. The highest BCUT2D eigenvalue weighted by molar-refractivity contribution is 9.09. The van der Waals surface area contributed by atoms with E-state index in [2.05, 4.69) is 48.0 Å². The van der Waals surface area contributed by atoms with E-state index in [1.807, 2.05) is 0 Å². The molecule has 2 rings (SSSR count). The van der Waals surface area contributed by atoms with E-state index in [0.717, 1.165) is 18.6 Å². The van der Waals surface area contributed by atoms with E-state index in [9.17, 15) is 0 Å². The number of benzene rings is 1. The van der Waals surface area contributed by atoms with Crippen molar-refractivity contribution in [1.82, 2.24) is 0 Å². The Balaban J connectivity index is 2.02. The van der Waals surface area contributed by atoms with Crippen LogP contribution in [0.3, 0.4) is 0 Å². The molecule has 14 heavy (non-hydrogen) atoms. The van der Waals surface area contributed by atoms with Crippen LogP contribution in [-0.4, -0.2) is 10.9 Å². The van der Waals surface area contributed by atoms with Gasteiger partial charge in [-0.3, -0.25) is 0 Å². The Hall–Kier alpha value is -0.500. The molecule has 0 spiro atoms. The molecule has 1 aromatic carbocycles. The molecule has 1 fully saturated rings. The minimum atomic E-state index is 0.417. The van der Waals surface area contributed by atoms with Gasteiger partial charge in [-0.25, -0.2) is 0 Å². The summed E-state index contributed by atoms with van der Waals surface area (Å²) in [4.78, 5) is 0.665. The zero-order valence-electron chi connectivity index (χ0n) is 8.59. The summed E-state index contributed by atoms with van der Waals surface area (Å²) in [6.07, 6.45) is 2.68. The number of hydrogen-bond acceptors (Lipinski definition) is 1. The van der Waals surface area contributed by atoms with Gasteiger partial charge in [0.25, 0.3) is 0 Å². The summed E-state index contributed by atoms with van der Waals surface area (Å²) in [6.45, 7) is 4.21. The fourth-order valence-electron chi connectivity index (χ4n) is 1.71. The van der Waals surface area contributed by atoms with Gasteiger partial charge >= 0.3 is 0 Å². The van der Waals surface area contributed by atoms with Crippen molar-refractivity contribution in [1.29, 1.82) is 0 Å². The fraction of sp³-hybridized carbons (Fsp3) is 0.500. The van der Waals surface area contributed by atoms with Crippen LogP contribution in [-0.2, 0) is 0 Å². The van der Waals surface area contributed by atoms with Crippen LogP contribution in [0.4, 0.5) is 0 Å². The molecule has 1 nitrogen and oxygen atoms in total. The molecule has 1 aliphatic carbocycles. The Kier molecular flexibility index (Phi) is 2.82. The minimum Gasteiger partial charge on any atom is -0.490 e. The lowest BCUT2D eigenvalue weighted by Gasteiger charge is -2.32. The average Bonchev–Trinajstić information content (AvgIpc) is 2.06. The summed E-state index contributed by atoms with van der Waals surface area (Å²) in [5.41, 5.74) is 2.53. The maximum Gasteiger partial charge on any atom is 0.122 e. The molecule has 1 aliphatic rings. The van der Waals surface area contributed by atoms with Crippen molar-refractivity contribution in [2.45, 2.75) is 37.6 Å². The number of alkyl halides is 1. The first kappa shape index (κ1) is 10.0. The zero-order valence-corrected chi connectivity index (χ0v) is 10.2. The Morgan fingerprint density at radius 1 is 1.29 bits per heavy atom. The summed E-state index contributed by atoms with van der Waals surface area (Å²) in [7, 11) is 0. The number of halogens is 1. The molecule has 0 N–H and O–H groups in total. The lowest BCUT2D eigenvalue weighted by Crippen LogP contribution is -2.34. The van der Waals surface area contributed by atoms with E-state index in [4.69, 9.17) is 4.74 Å². The first-order chi connectivity index (χ1) is 6.65. The van der Waals surface area contributed by atoms with Crippen molar-refractivity contribution < 1.29 is 4.74 Å². The Labute approximate surface area is 93.6 Å². The standard InChI is InChI=1S/C12H15BrO/c1-8-3-4-12(9(2)5-8)14-11-6-10(13)7-11/h3-5,10-11H,6-7H2,1-2H3. The van der Waals surface area contributed by atoms with Gasteiger partial charge < -0.3 is 4.74 Å². The average molecular weight is 255 g/mol. The van der Waals surface area contributed by atoms with Crippen LogP contribution in [0.5, 0.6) is 5.75 Å². The molecule has 0 saturated heterocycles. The van der Waals surface area contributed by atoms with Crippen molar-refractivity contribution in [2.75, 3.05) is 0 Å². The maximum absolute atomic E-state index is 5.88. The third kappa shape index (κ3) is 2.11. The highest BCUT2D eigenvalue weighted by atomic mass is 79.9. The quantitative estimate of drug-likeness (QED) is 0.733. The lowest BCUT2D eigenvalue weighted by molar-refractivity contribution is 0.127. The normalized spacial score (nSPS) is 25.6. The van der Waals surface area contributed by atoms with E-state index in [0.29, 0.717) is 10.9 Å². The second-order valence-electron chi connectivity index (χ2n) is 4.08. The van der Waals surface area contributed by atoms with Gasteiger partial charge in [0.1, 0.15) is 11.9 Å². The van der Waals surface area contributed by atoms with Gasteiger partial charge in [0, 0.05) is 4.83 Å². The fourth-order valence-corrected chi connectivity index (χ4v) is 2.54. The third-order valence-corrected chi connectivity index (χ3v) is 3.41.